The first kappa shape index (κ1) is 21.8. The van der Waals surface area contributed by atoms with Crippen LogP contribution < -0.4 is 5.32 Å². The number of nitrogens with one attached hydrogen (secondary N) is 1. The molecule has 29 heavy (non-hydrogen) atoms. The molecular weight excluding hydrogens is 408 g/mol. The molecule has 5 nitrogen and oxygen atoms in total. The molecule has 0 unspecified atom stereocenters. The number of piperidine rings is 1. The summed E-state index contributed by atoms with van der Waals surface area (Å²) < 4.78 is 27.1. The van der Waals surface area contributed by atoms with Crippen molar-refractivity contribution in [1.82, 2.24) is 9.62 Å². The van der Waals surface area contributed by atoms with Crippen molar-refractivity contribution in [3.8, 4) is 0 Å². The molecule has 1 heterocycles. The lowest BCUT2D eigenvalue weighted by atomic mass is 9.99. The van der Waals surface area contributed by atoms with Crippen LogP contribution in [0.25, 0.3) is 0 Å². The molecule has 0 saturated carbocycles. The summed E-state index contributed by atoms with van der Waals surface area (Å²) in [6.45, 7) is 3.30. The smallest absolute Gasteiger partial charge is 0.243 e. The van der Waals surface area contributed by atoms with Gasteiger partial charge in [0.1, 0.15) is 0 Å². The van der Waals surface area contributed by atoms with Crippen LogP contribution in [-0.2, 0) is 21.2 Å². The second-order valence-corrected chi connectivity index (χ2v) is 9.91. The molecule has 0 aromatic heterocycles. The predicted molar refractivity (Wildman–Crippen MR) is 115 cm³/mol. The number of aryl methyl sites for hydroxylation is 2. The van der Waals surface area contributed by atoms with Gasteiger partial charge in [0.15, 0.2) is 0 Å². The number of rotatable bonds is 7. The van der Waals surface area contributed by atoms with Crippen LogP contribution in [0.3, 0.4) is 0 Å². The molecule has 2 aromatic carbocycles. The Balaban J connectivity index is 1.51. The third kappa shape index (κ3) is 5.81. The minimum atomic E-state index is -3.62. The van der Waals surface area contributed by atoms with Gasteiger partial charge < -0.3 is 5.32 Å². The van der Waals surface area contributed by atoms with Gasteiger partial charge in [0, 0.05) is 24.7 Å². The van der Waals surface area contributed by atoms with Crippen LogP contribution >= 0.6 is 11.6 Å². The monoisotopic (exact) mass is 434 g/mol. The molecule has 0 bridgehead atoms. The van der Waals surface area contributed by atoms with Crippen molar-refractivity contribution in [2.24, 2.45) is 5.92 Å². The van der Waals surface area contributed by atoms with E-state index in [9.17, 15) is 13.2 Å². The Morgan fingerprint density at radius 3 is 2.52 bits per heavy atom. The Labute approximate surface area is 178 Å². The largest absolute Gasteiger partial charge is 0.356 e. The minimum Gasteiger partial charge on any atom is -0.356 e. The second kappa shape index (κ2) is 9.74. The standard InChI is InChI=1S/C22H27ClN2O3S/c1-17-6-8-18(9-7-17)4-2-14-24-22(26)19-5-3-15-25(16-19)29(27,28)21-12-10-20(23)11-13-21/h6-13,19H,2-5,14-16H2,1H3,(H,24,26)/t19-/m0/s1. The van der Waals surface area contributed by atoms with E-state index in [1.807, 2.05) is 0 Å². The summed E-state index contributed by atoms with van der Waals surface area (Å²) >= 11 is 5.86. The Morgan fingerprint density at radius 1 is 1.14 bits per heavy atom. The number of benzene rings is 2. The van der Waals surface area contributed by atoms with E-state index in [0.717, 1.165) is 12.8 Å². The average molecular weight is 435 g/mol. The van der Waals surface area contributed by atoms with Crippen LogP contribution in [0.2, 0.25) is 5.02 Å². The minimum absolute atomic E-state index is 0.0649. The lowest BCUT2D eigenvalue weighted by Crippen LogP contribution is -2.45. The summed E-state index contributed by atoms with van der Waals surface area (Å²) in [5, 5.41) is 3.47. The van der Waals surface area contributed by atoms with E-state index in [1.165, 1.54) is 27.6 Å². The molecule has 0 radical (unpaired) electrons. The molecular formula is C22H27ClN2O3S. The van der Waals surface area contributed by atoms with Gasteiger partial charge in [-0.3, -0.25) is 4.79 Å². The summed E-state index contributed by atoms with van der Waals surface area (Å²) in [6.07, 6.45) is 3.14. The lowest BCUT2D eigenvalue weighted by molar-refractivity contribution is -0.126. The van der Waals surface area contributed by atoms with Gasteiger partial charge in [-0.1, -0.05) is 41.4 Å². The van der Waals surface area contributed by atoms with E-state index < -0.39 is 10.0 Å². The van der Waals surface area contributed by atoms with Crippen molar-refractivity contribution in [3.05, 3.63) is 64.7 Å². The molecule has 1 aliphatic heterocycles. The van der Waals surface area contributed by atoms with Crippen LogP contribution in [0.5, 0.6) is 0 Å². The quantitative estimate of drug-likeness (QED) is 0.674. The lowest BCUT2D eigenvalue weighted by Gasteiger charge is -2.31. The SMILES string of the molecule is Cc1ccc(CCCNC(=O)[C@H]2CCCN(S(=O)(=O)c3ccc(Cl)cc3)C2)cc1. The van der Waals surface area contributed by atoms with Gasteiger partial charge in [-0.05, 0) is 62.4 Å². The highest BCUT2D eigenvalue weighted by molar-refractivity contribution is 7.89. The van der Waals surface area contributed by atoms with Gasteiger partial charge in [-0.15, -0.1) is 0 Å². The summed E-state index contributed by atoms with van der Waals surface area (Å²) in [7, 11) is -3.62. The molecule has 0 spiro atoms. The molecule has 0 aliphatic carbocycles. The van der Waals surface area contributed by atoms with Crippen molar-refractivity contribution >= 4 is 27.5 Å². The summed E-state index contributed by atoms with van der Waals surface area (Å²) in [5.41, 5.74) is 2.49. The van der Waals surface area contributed by atoms with Crippen LogP contribution in [0, 0.1) is 12.8 Å². The van der Waals surface area contributed by atoms with Crippen molar-refractivity contribution in [3.63, 3.8) is 0 Å². The van der Waals surface area contributed by atoms with Crippen molar-refractivity contribution in [2.75, 3.05) is 19.6 Å². The van der Waals surface area contributed by atoms with Gasteiger partial charge in [0.05, 0.1) is 10.8 Å². The number of sulfonamides is 1. The Hall–Kier alpha value is -1.89. The Morgan fingerprint density at radius 2 is 1.83 bits per heavy atom. The predicted octanol–water partition coefficient (Wildman–Crippen LogP) is 3.80. The maximum Gasteiger partial charge on any atom is 0.243 e. The molecule has 156 valence electrons. The highest BCUT2D eigenvalue weighted by Crippen LogP contribution is 2.24. The highest BCUT2D eigenvalue weighted by Gasteiger charge is 2.33. The molecule has 1 fully saturated rings. The first-order chi connectivity index (χ1) is 13.9. The van der Waals surface area contributed by atoms with Crippen molar-refractivity contribution < 1.29 is 13.2 Å². The first-order valence-electron chi connectivity index (χ1n) is 9.95. The van der Waals surface area contributed by atoms with Gasteiger partial charge in [0.25, 0.3) is 0 Å². The molecule has 7 heteroatoms. The number of nitrogens with zero attached hydrogens (tertiary/aromatic N) is 1. The van der Waals surface area contributed by atoms with E-state index in [1.54, 1.807) is 12.1 Å². The zero-order valence-electron chi connectivity index (χ0n) is 16.6. The fraction of sp³-hybridized carbons (Fsp3) is 0.409. The maximum absolute atomic E-state index is 12.9. The van der Waals surface area contributed by atoms with Crippen molar-refractivity contribution in [2.45, 2.75) is 37.5 Å². The molecule has 1 saturated heterocycles. The molecule has 1 N–H and O–H groups in total. The third-order valence-corrected chi connectivity index (χ3v) is 7.40. The van der Waals surface area contributed by atoms with E-state index in [2.05, 4.69) is 36.5 Å². The highest BCUT2D eigenvalue weighted by atomic mass is 35.5. The molecule has 1 amide bonds. The molecule has 2 aromatic rings. The van der Waals surface area contributed by atoms with E-state index in [-0.39, 0.29) is 23.3 Å². The number of hydrogen-bond donors (Lipinski definition) is 1. The molecule has 3 rings (SSSR count). The Kier molecular flexibility index (Phi) is 7.33. The molecule has 1 atom stereocenters. The number of carbonyl (C=O) groups is 1. The number of carbonyl (C=O) groups excluding carboxylic acids is 1. The third-order valence-electron chi connectivity index (χ3n) is 5.27. The van der Waals surface area contributed by atoms with Crippen LogP contribution in [0.4, 0.5) is 0 Å². The number of hydrogen-bond acceptors (Lipinski definition) is 3. The fourth-order valence-corrected chi connectivity index (χ4v) is 5.18. The first-order valence-corrected chi connectivity index (χ1v) is 11.8. The summed E-state index contributed by atoms with van der Waals surface area (Å²) in [6, 6.07) is 14.5. The van der Waals surface area contributed by atoms with Crippen LogP contribution in [0.15, 0.2) is 53.4 Å². The summed E-state index contributed by atoms with van der Waals surface area (Å²) in [5.74, 6) is -0.380. The zero-order chi connectivity index (χ0) is 20.9. The summed E-state index contributed by atoms with van der Waals surface area (Å²) in [4.78, 5) is 12.8. The van der Waals surface area contributed by atoms with Gasteiger partial charge >= 0.3 is 0 Å². The zero-order valence-corrected chi connectivity index (χ0v) is 18.2. The topological polar surface area (TPSA) is 66.5 Å². The normalized spacial score (nSPS) is 17.8. The van der Waals surface area contributed by atoms with Gasteiger partial charge in [0.2, 0.25) is 15.9 Å². The fourth-order valence-electron chi connectivity index (χ4n) is 3.53. The van der Waals surface area contributed by atoms with Crippen LogP contribution in [0.1, 0.15) is 30.4 Å². The number of amides is 1. The van der Waals surface area contributed by atoms with E-state index in [0.29, 0.717) is 31.0 Å². The van der Waals surface area contributed by atoms with Crippen LogP contribution in [-0.4, -0.2) is 38.3 Å². The van der Waals surface area contributed by atoms with Crippen molar-refractivity contribution in [1.29, 1.82) is 0 Å². The van der Waals surface area contributed by atoms with Gasteiger partial charge in [-0.2, -0.15) is 4.31 Å². The number of halogens is 1. The average Bonchev–Trinajstić information content (AvgIpc) is 2.73. The maximum atomic E-state index is 12.9. The second-order valence-electron chi connectivity index (χ2n) is 7.54. The molecule has 1 aliphatic rings. The Bertz CT molecular complexity index is 928. The van der Waals surface area contributed by atoms with E-state index in [4.69, 9.17) is 11.6 Å². The van der Waals surface area contributed by atoms with Gasteiger partial charge in [-0.25, -0.2) is 8.42 Å². The van der Waals surface area contributed by atoms with E-state index >= 15 is 0 Å².